The average Bonchev–Trinajstić information content (AvgIpc) is 3.18. The second kappa shape index (κ2) is 10.3. The Morgan fingerprint density at radius 1 is 1.15 bits per heavy atom. The van der Waals surface area contributed by atoms with Crippen molar-refractivity contribution in [1.82, 2.24) is 10.2 Å². The van der Waals surface area contributed by atoms with Crippen LogP contribution in [0.4, 0.5) is 14.9 Å². The van der Waals surface area contributed by atoms with Crippen LogP contribution in [-0.2, 0) is 19.1 Å². The number of halogens is 1. The number of hydrogen-bond acceptors (Lipinski definition) is 6. The summed E-state index contributed by atoms with van der Waals surface area (Å²) < 4.78 is 19.4. The van der Waals surface area contributed by atoms with Crippen molar-refractivity contribution in [2.45, 2.75) is 23.6 Å². The molecule has 3 rings (SSSR count). The van der Waals surface area contributed by atoms with Gasteiger partial charge in [-0.2, -0.15) is 0 Å². The number of aryl methyl sites for hydroxylation is 1. The molecule has 0 unspecified atom stereocenters. The van der Waals surface area contributed by atoms with Gasteiger partial charge in [0, 0.05) is 11.3 Å². The van der Waals surface area contributed by atoms with Gasteiger partial charge in [0.25, 0.3) is 0 Å². The third-order valence-corrected chi connectivity index (χ3v) is 6.38. The molecule has 1 fully saturated rings. The molecular weight excluding hydrogens is 453 g/mol. The van der Waals surface area contributed by atoms with Crippen LogP contribution in [-0.4, -0.2) is 58.2 Å². The predicted molar refractivity (Wildman–Crippen MR) is 119 cm³/mol. The summed E-state index contributed by atoms with van der Waals surface area (Å²) in [6, 6.07) is 10.6. The highest BCUT2D eigenvalue weighted by Crippen LogP contribution is 2.46. The first kappa shape index (κ1) is 24.1. The van der Waals surface area contributed by atoms with Gasteiger partial charge < -0.3 is 25.4 Å². The number of benzene rings is 2. The van der Waals surface area contributed by atoms with Crippen LogP contribution in [0.5, 0.6) is 0 Å². The van der Waals surface area contributed by atoms with E-state index < -0.39 is 52.9 Å². The summed E-state index contributed by atoms with van der Waals surface area (Å²) in [5.41, 5.74) is 1.40. The lowest BCUT2D eigenvalue weighted by Crippen LogP contribution is -2.47. The van der Waals surface area contributed by atoms with Crippen LogP contribution in [0.15, 0.2) is 48.5 Å². The van der Waals surface area contributed by atoms with Gasteiger partial charge in [-0.25, -0.2) is 14.0 Å². The minimum absolute atomic E-state index is 0.0262. The van der Waals surface area contributed by atoms with Crippen molar-refractivity contribution in [2.75, 3.05) is 19.0 Å². The number of carbonyl (C=O) groups is 4. The van der Waals surface area contributed by atoms with E-state index in [1.54, 1.807) is 18.2 Å². The number of carbonyl (C=O) groups excluding carboxylic acids is 3. The first-order valence-corrected chi connectivity index (χ1v) is 10.8. The Kier molecular flexibility index (Phi) is 7.54. The van der Waals surface area contributed by atoms with E-state index in [-0.39, 0.29) is 5.56 Å². The van der Waals surface area contributed by atoms with Gasteiger partial charge in [-0.3, -0.25) is 9.59 Å². The molecule has 0 aromatic heterocycles. The highest BCUT2D eigenvalue weighted by Gasteiger charge is 2.52. The number of aliphatic carboxylic acids is 1. The molecule has 1 aliphatic rings. The van der Waals surface area contributed by atoms with Gasteiger partial charge in [-0.15, -0.1) is 11.8 Å². The van der Waals surface area contributed by atoms with Gasteiger partial charge in [0.2, 0.25) is 5.91 Å². The fourth-order valence-electron chi connectivity index (χ4n) is 3.51. The van der Waals surface area contributed by atoms with Gasteiger partial charge >= 0.3 is 18.0 Å². The Hall–Kier alpha value is -3.60. The highest BCUT2D eigenvalue weighted by molar-refractivity contribution is 8.02. The quantitative estimate of drug-likeness (QED) is 0.548. The van der Waals surface area contributed by atoms with E-state index >= 15 is 0 Å². The van der Waals surface area contributed by atoms with Crippen molar-refractivity contribution in [3.8, 4) is 0 Å². The third-order valence-electron chi connectivity index (χ3n) is 4.95. The van der Waals surface area contributed by atoms with Gasteiger partial charge in [0.1, 0.15) is 11.1 Å². The average molecular weight is 475 g/mol. The minimum atomic E-state index is -1.48. The van der Waals surface area contributed by atoms with E-state index in [1.165, 1.54) is 18.2 Å². The van der Waals surface area contributed by atoms with Crippen LogP contribution in [0.25, 0.3) is 0 Å². The second-order valence-corrected chi connectivity index (χ2v) is 8.44. The number of carboxylic acids is 1. The van der Waals surface area contributed by atoms with Crippen molar-refractivity contribution in [2.24, 2.45) is 0 Å². The number of carboxylic acid groups (broad SMARTS) is 1. The normalized spacial score (nSPS) is 19.6. The Morgan fingerprint density at radius 2 is 1.88 bits per heavy atom. The lowest BCUT2D eigenvalue weighted by atomic mass is 10.0. The fraction of sp³-hybridized carbons (Fsp3) is 0.273. The number of ether oxygens (including phenoxy) is 1. The Labute approximate surface area is 193 Å². The van der Waals surface area contributed by atoms with Crippen LogP contribution >= 0.6 is 11.8 Å². The molecule has 0 radical (unpaired) electrons. The number of nitrogens with one attached hydrogen (secondary N) is 2. The standard InChI is InChI=1S/C22H22FN3O6S/c1-12-6-5-7-13(10-12)25-22(31)24-11-16(27)26-17(14-8-3-4-9-15(14)23)18(21(30)32-2)33-19(26)20(28)29/h3-10,17-19H,11H2,1-2H3,(H,28,29)(H2,24,25,31)/t17-,18+,19-/m0/s1. The Morgan fingerprint density at radius 3 is 2.52 bits per heavy atom. The highest BCUT2D eigenvalue weighted by atomic mass is 32.2. The summed E-state index contributed by atoms with van der Waals surface area (Å²) >= 11 is 0.674. The largest absolute Gasteiger partial charge is 0.479 e. The van der Waals surface area contributed by atoms with Crippen LogP contribution in [0.1, 0.15) is 17.2 Å². The first-order valence-electron chi connectivity index (χ1n) is 9.86. The number of rotatable bonds is 6. The number of anilines is 1. The van der Waals surface area contributed by atoms with E-state index in [9.17, 15) is 28.7 Å². The molecule has 2 aromatic rings. The molecule has 2 aromatic carbocycles. The summed E-state index contributed by atoms with van der Waals surface area (Å²) in [5.74, 6) is -3.68. The van der Waals surface area contributed by atoms with Crippen molar-refractivity contribution in [3.05, 3.63) is 65.5 Å². The smallest absolute Gasteiger partial charge is 0.337 e. The van der Waals surface area contributed by atoms with Crippen LogP contribution in [0.2, 0.25) is 0 Å². The fourth-order valence-corrected chi connectivity index (χ4v) is 4.92. The molecular formula is C22H22FN3O6S. The number of urea groups is 1. The zero-order valence-electron chi connectivity index (χ0n) is 17.8. The molecule has 1 saturated heterocycles. The van der Waals surface area contributed by atoms with Gasteiger partial charge in [-0.05, 0) is 30.7 Å². The lowest BCUT2D eigenvalue weighted by Gasteiger charge is -2.29. The van der Waals surface area contributed by atoms with E-state index in [0.29, 0.717) is 17.4 Å². The molecule has 11 heteroatoms. The van der Waals surface area contributed by atoms with E-state index in [4.69, 9.17) is 4.74 Å². The van der Waals surface area contributed by atoms with Gasteiger partial charge in [0.15, 0.2) is 5.37 Å². The van der Waals surface area contributed by atoms with Gasteiger partial charge in [-0.1, -0.05) is 30.3 Å². The van der Waals surface area contributed by atoms with Crippen LogP contribution in [0, 0.1) is 12.7 Å². The molecule has 1 aliphatic heterocycles. The maximum Gasteiger partial charge on any atom is 0.337 e. The SMILES string of the molecule is COC(=O)[C@@H]1S[C@@H](C(=O)O)N(C(=O)CNC(=O)Nc2cccc(C)c2)[C@H]1c1ccccc1F. The number of nitrogens with zero attached hydrogens (tertiary/aromatic N) is 1. The topological polar surface area (TPSA) is 125 Å². The second-order valence-electron chi connectivity index (χ2n) is 7.21. The van der Waals surface area contributed by atoms with E-state index in [0.717, 1.165) is 23.6 Å². The molecule has 3 amide bonds. The summed E-state index contributed by atoms with van der Waals surface area (Å²) in [4.78, 5) is 50.4. The van der Waals surface area contributed by atoms with Crippen molar-refractivity contribution >= 4 is 41.3 Å². The minimum Gasteiger partial charge on any atom is -0.479 e. The predicted octanol–water partition coefficient (Wildman–Crippen LogP) is 2.52. The van der Waals surface area contributed by atoms with Crippen molar-refractivity contribution in [3.63, 3.8) is 0 Å². The molecule has 9 nitrogen and oxygen atoms in total. The molecule has 0 bridgehead atoms. The maximum atomic E-state index is 14.6. The number of thioether (sulfide) groups is 1. The summed E-state index contributed by atoms with van der Waals surface area (Å²) in [7, 11) is 1.12. The van der Waals surface area contributed by atoms with Crippen molar-refractivity contribution in [1.29, 1.82) is 0 Å². The number of methoxy groups -OCH3 is 1. The molecule has 0 aliphatic carbocycles. The maximum absolute atomic E-state index is 14.6. The molecule has 33 heavy (non-hydrogen) atoms. The molecule has 1 heterocycles. The zero-order valence-corrected chi connectivity index (χ0v) is 18.6. The summed E-state index contributed by atoms with van der Waals surface area (Å²) in [6.07, 6.45) is 0. The number of esters is 1. The molecule has 0 saturated carbocycles. The zero-order chi connectivity index (χ0) is 24.1. The summed E-state index contributed by atoms with van der Waals surface area (Å²) in [6.45, 7) is 1.28. The third kappa shape index (κ3) is 5.43. The number of hydrogen-bond donors (Lipinski definition) is 3. The Balaban J connectivity index is 1.83. The monoisotopic (exact) mass is 475 g/mol. The van der Waals surface area contributed by atoms with Crippen LogP contribution in [0.3, 0.4) is 0 Å². The van der Waals surface area contributed by atoms with E-state index in [1.807, 2.05) is 13.0 Å². The first-order chi connectivity index (χ1) is 15.7. The Bertz CT molecular complexity index is 1080. The number of amides is 3. The molecule has 174 valence electrons. The van der Waals surface area contributed by atoms with Gasteiger partial charge in [0.05, 0.1) is 19.7 Å². The van der Waals surface area contributed by atoms with E-state index in [2.05, 4.69) is 10.6 Å². The van der Waals surface area contributed by atoms with Crippen LogP contribution < -0.4 is 10.6 Å². The molecule has 3 atom stereocenters. The molecule has 3 N–H and O–H groups in total. The lowest BCUT2D eigenvalue weighted by molar-refractivity contribution is -0.148. The van der Waals surface area contributed by atoms with Crippen molar-refractivity contribution < 1.29 is 33.4 Å². The summed E-state index contributed by atoms with van der Waals surface area (Å²) in [5, 5.41) is 12.0. The molecule has 0 spiro atoms.